The van der Waals surface area contributed by atoms with Crippen molar-refractivity contribution < 1.29 is 9.53 Å². The molecule has 1 amide bonds. The van der Waals surface area contributed by atoms with Crippen LogP contribution in [0, 0.1) is 5.41 Å². The minimum Gasteiger partial charge on any atom is -0.384 e. The van der Waals surface area contributed by atoms with Gasteiger partial charge in [-0.1, -0.05) is 6.92 Å². The number of nitrogens with zero attached hydrogens (tertiary/aromatic N) is 1. The van der Waals surface area contributed by atoms with Gasteiger partial charge in [0, 0.05) is 20.2 Å². The number of carbonyl (C=O) groups is 1. The third kappa shape index (κ3) is 3.35. The standard InChI is InChI=1S/C11H20ClNO2/c1-9(12)10(14)13-6-4-11(2,5-7-13)8-15-3/h9H,4-8H2,1-3H3/t9-/m0/s1. The number of methoxy groups -OCH3 is 1. The van der Waals surface area contributed by atoms with Crippen LogP contribution in [0.1, 0.15) is 26.7 Å². The van der Waals surface area contributed by atoms with Gasteiger partial charge in [0.05, 0.1) is 6.61 Å². The molecule has 1 aliphatic rings. The predicted octanol–water partition coefficient (Wildman–Crippen LogP) is 1.89. The summed E-state index contributed by atoms with van der Waals surface area (Å²) < 4.78 is 5.20. The van der Waals surface area contributed by atoms with E-state index in [0.717, 1.165) is 32.5 Å². The van der Waals surface area contributed by atoms with E-state index < -0.39 is 5.38 Å². The van der Waals surface area contributed by atoms with Gasteiger partial charge in [0.2, 0.25) is 5.91 Å². The summed E-state index contributed by atoms with van der Waals surface area (Å²) in [7, 11) is 1.73. The fourth-order valence-corrected chi connectivity index (χ4v) is 2.15. The fraction of sp³-hybridized carbons (Fsp3) is 0.909. The summed E-state index contributed by atoms with van der Waals surface area (Å²) in [5.74, 6) is 0.0520. The Morgan fingerprint density at radius 3 is 2.47 bits per heavy atom. The topological polar surface area (TPSA) is 29.5 Å². The fourth-order valence-electron chi connectivity index (χ4n) is 2.01. The molecule has 0 N–H and O–H groups in total. The van der Waals surface area contributed by atoms with E-state index in [1.807, 2.05) is 4.90 Å². The highest BCUT2D eigenvalue weighted by molar-refractivity contribution is 6.30. The molecule has 3 nitrogen and oxygen atoms in total. The Hall–Kier alpha value is -0.280. The second kappa shape index (κ2) is 5.17. The Morgan fingerprint density at radius 2 is 2.07 bits per heavy atom. The molecule has 0 spiro atoms. The van der Waals surface area contributed by atoms with Crippen molar-refractivity contribution in [3.8, 4) is 0 Å². The monoisotopic (exact) mass is 233 g/mol. The molecule has 0 aromatic rings. The van der Waals surface area contributed by atoms with Gasteiger partial charge in [-0.3, -0.25) is 4.79 Å². The Labute approximate surface area is 96.7 Å². The van der Waals surface area contributed by atoms with Crippen LogP contribution in [0.2, 0.25) is 0 Å². The van der Waals surface area contributed by atoms with Gasteiger partial charge in [0.1, 0.15) is 5.38 Å². The maximum atomic E-state index is 11.6. The van der Waals surface area contributed by atoms with E-state index in [-0.39, 0.29) is 11.3 Å². The van der Waals surface area contributed by atoms with Crippen LogP contribution in [0.25, 0.3) is 0 Å². The number of rotatable bonds is 3. The lowest BCUT2D eigenvalue weighted by molar-refractivity contribution is -0.133. The molecule has 0 aromatic heterocycles. The first kappa shape index (κ1) is 12.8. The van der Waals surface area contributed by atoms with E-state index in [1.165, 1.54) is 0 Å². The Morgan fingerprint density at radius 1 is 1.53 bits per heavy atom. The molecule has 1 atom stereocenters. The van der Waals surface area contributed by atoms with E-state index in [0.29, 0.717) is 0 Å². The zero-order valence-electron chi connectivity index (χ0n) is 9.75. The Kier molecular flexibility index (Phi) is 4.41. The first-order chi connectivity index (χ1) is 6.98. The number of likely N-dealkylation sites (tertiary alicyclic amines) is 1. The van der Waals surface area contributed by atoms with Crippen LogP contribution in [-0.2, 0) is 9.53 Å². The minimum absolute atomic E-state index is 0.0520. The van der Waals surface area contributed by atoms with Crippen LogP contribution in [0.3, 0.4) is 0 Å². The number of hydrogen-bond acceptors (Lipinski definition) is 2. The van der Waals surface area contributed by atoms with Crippen LogP contribution in [-0.4, -0.2) is 43.0 Å². The van der Waals surface area contributed by atoms with E-state index in [9.17, 15) is 4.79 Å². The highest BCUT2D eigenvalue weighted by Gasteiger charge is 2.32. The first-order valence-electron chi connectivity index (χ1n) is 5.40. The van der Waals surface area contributed by atoms with Crippen LogP contribution < -0.4 is 0 Å². The average molecular weight is 234 g/mol. The molecular formula is C11H20ClNO2. The molecule has 1 saturated heterocycles. The molecule has 88 valence electrons. The van der Waals surface area contributed by atoms with Crippen molar-refractivity contribution in [2.45, 2.75) is 32.1 Å². The zero-order chi connectivity index (χ0) is 11.5. The smallest absolute Gasteiger partial charge is 0.240 e. The highest BCUT2D eigenvalue weighted by Crippen LogP contribution is 2.31. The average Bonchev–Trinajstić information content (AvgIpc) is 2.18. The van der Waals surface area contributed by atoms with Gasteiger partial charge in [0.25, 0.3) is 0 Å². The quantitative estimate of drug-likeness (QED) is 0.697. The lowest BCUT2D eigenvalue weighted by atomic mass is 9.81. The number of ether oxygens (including phenoxy) is 1. The van der Waals surface area contributed by atoms with Crippen molar-refractivity contribution in [2.75, 3.05) is 26.8 Å². The second-order valence-electron chi connectivity index (χ2n) is 4.68. The van der Waals surface area contributed by atoms with E-state index >= 15 is 0 Å². The molecule has 0 unspecified atom stereocenters. The Bertz CT molecular complexity index is 223. The van der Waals surface area contributed by atoms with Gasteiger partial charge < -0.3 is 9.64 Å². The lowest BCUT2D eigenvalue weighted by Gasteiger charge is -2.39. The number of alkyl halides is 1. The molecule has 1 aliphatic heterocycles. The summed E-state index contributed by atoms with van der Waals surface area (Å²) in [6.07, 6.45) is 1.99. The summed E-state index contributed by atoms with van der Waals surface area (Å²) in [5.41, 5.74) is 0.223. The second-order valence-corrected chi connectivity index (χ2v) is 5.34. The van der Waals surface area contributed by atoms with Crippen molar-refractivity contribution in [3.63, 3.8) is 0 Å². The molecule has 1 fully saturated rings. The third-order valence-electron chi connectivity index (χ3n) is 3.12. The van der Waals surface area contributed by atoms with E-state index in [2.05, 4.69) is 6.92 Å². The summed E-state index contributed by atoms with van der Waals surface area (Å²) >= 11 is 5.78. The molecule has 0 saturated carbocycles. The molecule has 0 aliphatic carbocycles. The van der Waals surface area contributed by atoms with E-state index in [1.54, 1.807) is 14.0 Å². The van der Waals surface area contributed by atoms with Crippen molar-refractivity contribution >= 4 is 17.5 Å². The Balaban J connectivity index is 2.45. The molecule has 15 heavy (non-hydrogen) atoms. The molecular weight excluding hydrogens is 214 g/mol. The summed E-state index contributed by atoms with van der Waals surface area (Å²) in [6.45, 7) is 6.31. The van der Waals surface area contributed by atoms with Crippen LogP contribution >= 0.6 is 11.6 Å². The number of hydrogen-bond donors (Lipinski definition) is 0. The van der Waals surface area contributed by atoms with E-state index in [4.69, 9.17) is 16.3 Å². The van der Waals surface area contributed by atoms with Gasteiger partial charge in [0.15, 0.2) is 0 Å². The minimum atomic E-state index is -0.406. The number of halogens is 1. The summed E-state index contributed by atoms with van der Waals surface area (Å²) in [4.78, 5) is 13.5. The molecule has 1 rings (SSSR count). The highest BCUT2D eigenvalue weighted by atomic mass is 35.5. The maximum Gasteiger partial charge on any atom is 0.240 e. The summed E-state index contributed by atoms with van der Waals surface area (Å²) in [5, 5.41) is -0.406. The molecule has 0 radical (unpaired) electrons. The zero-order valence-corrected chi connectivity index (χ0v) is 10.5. The van der Waals surface area contributed by atoms with Crippen molar-refractivity contribution in [2.24, 2.45) is 5.41 Å². The van der Waals surface area contributed by atoms with Gasteiger partial charge in [-0.05, 0) is 25.2 Å². The van der Waals surface area contributed by atoms with Gasteiger partial charge >= 0.3 is 0 Å². The van der Waals surface area contributed by atoms with Crippen molar-refractivity contribution in [3.05, 3.63) is 0 Å². The SMILES string of the molecule is COCC1(C)CCN(C(=O)[C@H](C)Cl)CC1. The normalized spacial score (nSPS) is 22.5. The number of carbonyl (C=O) groups excluding carboxylic acids is 1. The molecule has 0 aromatic carbocycles. The first-order valence-corrected chi connectivity index (χ1v) is 5.84. The number of piperidine rings is 1. The van der Waals surface area contributed by atoms with Crippen molar-refractivity contribution in [1.82, 2.24) is 4.90 Å². The predicted molar refractivity (Wildman–Crippen MR) is 61.1 cm³/mol. The number of amides is 1. The van der Waals surface area contributed by atoms with Crippen LogP contribution in [0.4, 0.5) is 0 Å². The molecule has 0 bridgehead atoms. The molecule has 1 heterocycles. The summed E-state index contributed by atoms with van der Waals surface area (Å²) in [6, 6.07) is 0. The molecule has 4 heteroatoms. The lowest BCUT2D eigenvalue weighted by Crippen LogP contribution is -2.45. The van der Waals surface area contributed by atoms with Gasteiger partial charge in [-0.25, -0.2) is 0 Å². The van der Waals surface area contributed by atoms with Crippen molar-refractivity contribution in [1.29, 1.82) is 0 Å². The van der Waals surface area contributed by atoms with Crippen LogP contribution in [0.15, 0.2) is 0 Å². The third-order valence-corrected chi connectivity index (χ3v) is 3.30. The van der Waals surface area contributed by atoms with Crippen LogP contribution in [0.5, 0.6) is 0 Å². The maximum absolute atomic E-state index is 11.6. The largest absolute Gasteiger partial charge is 0.384 e. The van der Waals surface area contributed by atoms with Gasteiger partial charge in [-0.15, -0.1) is 11.6 Å². The van der Waals surface area contributed by atoms with Gasteiger partial charge in [-0.2, -0.15) is 0 Å².